The van der Waals surface area contributed by atoms with Crippen LogP contribution in [0.2, 0.25) is 0 Å². The van der Waals surface area contributed by atoms with Gasteiger partial charge in [0.15, 0.2) is 0 Å². The number of aromatic nitrogens is 2. The van der Waals surface area contributed by atoms with Gasteiger partial charge in [0.2, 0.25) is 18.3 Å². The molecule has 1 aliphatic carbocycles. The van der Waals surface area contributed by atoms with Gasteiger partial charge in [-0.2, -0.15) is 13.2 Å². The maximum Gasteiger partial charge on any atom is 0.433 e. The van der Waals surface area contributed by atoms with Crippen LogP contribution in [0.3, 0.4) is 0 Å². The maximum atomic E-state index is 12.7. The molecule has 0 bridgehead atoms. The molecular weight excluding hydrogens is 351 g/mol. The Morgan fingerprint density at radius 3 is 2.65 bits per heavy atom. The Bertz CT molecular complexity index is 631. The lowest BCUT2D eigenvalue weighted by atomic mass is 9.69. The lowest BCUT2D eigenvalue weighted by Crippen LogP contribution is -2.50. The van der Waals surface area contributed by atoms with E-state index in [9.17, 15) is 22.8 Å². The van der Waals surface area contributed by atoms with Crippen molar-refractivity contribution in [2.24, 2.45) is 11.3 Å². The molecule has 144 valence electrons. The van der Waals surface area contributed by atoms with Gasteiger partial charge in [-0.25, -0.2) is 9.97 Å². The monoisotopic (exact) mass is 373 g/mol. The van der Waals surface area contributed by atoms with Crippen molar-refractivity contribution in [1.29, 1.82) is 0 Å². The molecule has 3 N–H and O–H groups in total. The Morgan fingerprint density at radius 1 is 1.38 bits per heavy atom. The first-order chi connectivity index (χ1) is 12.3. The molecule has 0 spiro atoms. The minimum atomic E-state index is -4.60. The number of carbonyl (C=O) groups is 2. The summed E-state index contributed by atoms with van der Waals surface area (Å²) in [4.78, 5) is 30.3. The molecule has 2 rings (SSSR count). The molecule has 1 heterocycles. The third-order valence-corrected chi connectivity index (χ3v) is 4.88. The normalized spacial score (nSPS) is 23.2. The van der Waals surface area contributed by atoms with Gasteiger partial charge < -0.3 is 5.32 Å². The molecule has 1 aliphatic rings. The Morgan fingerprint density at radius 2 is 2.08 bits per heavy atom. The van der Waals surface area contributed by atoms with Gasteiger partial charge in [-0.15, -0.1) is 0 Å². The van der Waals surface area contributed by atoms with Crippen LogP contribution in [0, 0.1) is 11.3 Å². The number of anilines is 1. The molecule has 1 aromatic rings. The van der Waals surface area contributed by atoms with E-state index in [0.717, 1.165) is 31.5 Å². The van der Waals surface area contributed by atoms with E-state index in [1.807, 2.05) is 0 Å². The zero-order valence-corrected chi connectivity index (χ0v) is 14.4. The number of halogens is 3. The number of nitrogens with one attached hydrogen (secondary N) is 3. The molecular formula is C16H22F3N5O2. The van der Waals surface area contributed by atoms with Gasteiger partial charge in [0.1, 0.15) is 5.69 Å². The Labute approximate surface area is 149 Å². The molecule has 0 saturated heterocycles. The van der Waals surface area contributed by atoms with E-state index in [0.29, 0.717) is 25.2 Å². The predicted octanol–water partition coefficient (Wildman–Crippen LogP) is 2.27. The minimum Gasteiger partial charge on any atom is -0.358 e. The number of hydrogen-bond acceptors (Lipinski definition) is 5. The molecule has 0 atom stereocenters. The highest BCUT2D eigenvalue weighted by atomic mass is 19.4. The molecule has 0 unspecified atom stereocenters. The first kappa shape index (κ1) is 19.9. The van der Waals surface area contributed by atoms with Crippen LogP contribution in [-0.2, 0) is 15.8 Å². The summed E-state index contributed by atoms with van der Waals surface area (Å²) in [5.41, 5.74) is 2.82. The Hall–Kier alpha value is -2.39. The number of hydrogen-bond donors (Lipinski definition) is 3. The van der Waals surface area contributed by atoms with Crippen molar-refractivity contribution in [3.63, 3.8) is 0 Å². The second kappa shape index (κ2) is 8.33. The fourth-order valence-corrected chi connectivity index (χ4v) is 3.18. The third kappa shape index (κ3) is 4.83. The highest BCUT2D eigenvalue weighted by Crippen LogP contribution is 2.40. The number of amides is 2. The lowest BCUT2D eigenvalue weighted by Gasteiger charge is -2.38. The molecule has 1 saturated carbocycles. The van der Waals surface area contributed by atoms with Crippen molar-refractivity contribution in [2.45, 2.75) is 45.2 Å². The lowest BCUT2D eigenvalue weighted by molar-refractivity contribution is -0.141. The smallest absolute Gasteiger partial charge is 0.358 e. The van der Waals surface area contributed by atoms with Gasteiger partial charge in [0, 0.05) is 12.7 Å². The number of nitrogens with zero attached hydrogens (tertiary/aromatic N) is 2. The summed E-state index contributed by atoms with van der Waals surface area (Å²) in [5, 5.41) is 2.55. The highest BCUT2D eigenvalue weighted by Gasteiger charge is 2.41. The topological polar surface area (TPSA) is 96.0 Å². The minimum absolute atomic E-state index is 0.171. The molecule has 1 fully saturated rings. The van der Waals surface area contributed by atoms with E-state index < -0.39 is 23.2 Å². The summed E-state index contributed by atoms with van der Waals surface area (Å²) in [6, 6.07) is 0.745. The fourth-order valence-electron chi connectivity index (χ4n) is 3.18. The second-order valence-corrected chi connectivity index (χ2v) is 6.47. The zero-order chi connectivity index (χ0) is 19.2. The molecule has 26 heavy (non-hydrogen) atoms. The SMILES string of the molecule is CCC1CCC(CNC=O)(C(=O)NNc2nccc(C(F)(F)F)n2)CC1. The number of rotatable bonds is 7. The van der Waals surface area contributed by atoms with Crippen LogP contribution in [0.15, 0.2) is 12.3 Å². The number of alkyl halides is 3. The average Bonchev–Trinajstić information content (AvgIpc) is 2.64. The summed E-state index contributed by atoms with van der Waals surface area (Å²) in [6.07, 6.45) is 0.790. The number of carbonyl (C=O) groups excluding carboxylic acids is 2. The predicted molar refractivity (Wildman–Crippen MR) is 87.5 cm³/mol. The zero-order valence-electron chi connectivity index (χ0n) is 14.4. The van der Waals surface area contributed by atoms with Crippen LogP contribution in [0.5, 0.6) is 0 Å². The van der Waals surface area contributed by atoms with Crippen molar-refractivity contribution < 1.29 is 22.8 Å². The fraction of sp³-hybridized carbons (Fsp3) is 0.625. The third-order valence-electron chi connectivity index (χ3n) is 4.88. The van der Waals surface area contributed by atoms with Gasteiger partial charge in [-0.3, -0.25) is 20.4 Å². The summed E-state index contributed by atoms with van der Waals surface area (Å²) < 4.78 is 38.0. The molecule has 10 heteroatoms. The van der Waals surface area contributed by atoms with E-state index in [1.54, 1.807) is 0 Å². The van der Waals surface area contributed by atoms with Crippen LogP contribution in [0.4, 0.5) is 19.1 Å². The quantitative estimate of drug-likeness (QED) is 0.503. The van der Waals surface area contributed by atoms with Crippen LogP contribution in [0.25, 0.3) is 0 Å². The highest BCUT2D eigenvalue weighted by molar-refractivity contribution is 5.84. The average molecular weight is 373 g/mol. The van der Waals surface area contributed by atoms with E-state index in [1.165, 1.54) is 0 Å². The van der Waals surface area contributed by atoms with E-state index >= 15 is 0 Å². The summed E-state index contributed by atoms with van der Waals surface area (Å²) >= 11 is 0. The molecule has 0 aliphatic heterocycles. The Balaban J connectivity index is 2.04. The largest absolute Gasteiger partial charge is 0.433 e. The summed E-state index contributed by atoms with van der Waals surface area (Å²) in [5.74, 6) is -0.219. The van der Waals surface area contributed by atoms with Crippen molar-refractivity contribution in [3.8, 4) is 0 Å². The van der Waals surface area contributed by atoms with Gasteiger partial charge >= 0.3 is 6.18 Å². The molecule has 7 nitrogen and oxygen atoms in total. The maximum absolute atomic E-state index is 12.7. The van der Waals surface area contributed by atoms with Crippen LogP contribution < -0.4 is 16.2 Å². The van der Waals surface area contributed by atoms with Gasteiger partial charge in [-0.1, -0.05) is 13.3 Å². The van der Waals surface area contributed by atoms with Crippen molar-refractivity contribution in [1.82, 2.24) is 20.7 Å². The van der Waals surface area contributed by atoms with Crippen molar-refractivity contribution >= 4 is 18.3 Å². The van der Waals surface area contributed by atoms with Crippen LogP contribution in [-0.4, -0.2) is 28.8 Å². The number of hydrazine groups is 1. The summed E-state index contributed by atoms with van der Waals surface area (Å²) in [7, 11) is 0. The molecule has 2 amide bonds. The molecule has 0 radical (unpaired) electrons. The van der Waals surface area contributed by atoms with E-state index in [2.05, 4.69) is 33.1 Å². The van der Waals surface area contributed by atoms with E-state index in [-0.39, 0.29) is 12.5 Å². The Kier molecular flexibility index (Phi) is 6.38. The summed E-state index contributed by atoms with van der Waals surface area (Å²) in [6.45, 7) is 2.26. The molecule has 1 aromatic heterocycles. The van der Waals surface area contributed by atoms with Gasteiger partial charge in [0.25, 0.3) is 0 Å². The van der Waals surface area contributed by atoms with Crippen LogP contribution >= 0.6 is 0 Å². The van der Waals surface area contributed by atoms with Crippen LogP contribution in [0.1, 0.15) is 44.7 Å². The van der Waals surface area contributed by atoms with E-state index in [4.69, 9.17) is 0 Å². The van der Waals surface area contributed by atoms with Crippen molar-refractivity contribution in [2.75, 3.05) is 12.0 Å². The van der Waals surface area contributed by atoms with Gasteiger partial charge in [-0.05, 0) is 37.7 Å². The first-order valence-corrected chi connectivity index (χ1v) is 8.44. The first-order valence-electron chi connectivity index (χ1n) is 8.44. The van der Waals surface area contributed by atoms with Crippen molar-refractivity contribution in [3.05, 3.63) is 18.0 Å². The van der Waals surface area contributed by atoms with Gasteiger partial charge in [0.05, 0.1) is 5.41 Å². The molecule has 0 aromatic carbocycles. The standard InChI is InChI=1S/C16H22F3N5O2/c1-2-11-3-6-15(7-4-11,9-20-10-25)13(26)23-24-14-21-8-5-12(22-14)16(17,18)19/h5,8,10-11H,2-4,6-7,9H2,1H3,(H,20,25)(H,23,26)(H,21,22,24). The second-order valence-electron chi connectivity index (χ2n) is 6.47.